The second kappa shape index (κ2) is 7.37. The van der Waals surface area contributed by atoms with Crippen molar-refractivity contribution < 1.29 is 18.0 Å². The van der Waals surface area contributed by atoms with Gasteiger partial charge >= 0.3 is 6.18 Å². The largest absolute Gasteiger partial charge is 0.416 e. The Morgan fingerprint density at radius 3 is 2.66 bits per heavy atom. The number of benzene rings is 1. The maximum atomic E-state index is 13.1. The van der Waals surface area contributed by atoms with Crippen LogP contribution in [-0.2, 0) is 6.18 Å². The number of halogens is 3. The van der Waals surface area contributed by atoms with Crippen molar-refractivity contribution in [3.63, 3.8) is 0 Å². The van der Waals surface area contributed by atoms with E-state index in [9.17, 15) is 18.0 Å². The quantitative estimate of drug-likeness (QED) is 0.512. The molecule has 0 radical (unpaired) electrons. The third kappa shape index (κ3) is 4.03. The van der Waals surface area contributed by atoms with Gasteiger partial charge in [-0.05, 0) is 36.6 Å². The monoisotopic (exact) mass is 436 g/mol. The highest BCUT2D eigenvalue weighted by Gasteiger charge is 2.31. The number of hydrogen-bond acceptors (Lipinski definition) is 7. The Kier molecular flexibility index (Phi) is 4.88. The number of nitrogens with one attached hydrogen (secondary N) is 1. The normalized spacial score (nSPS) is 11.6. The molecule has 1 amide bonds. The molecular formula is C17H11F3N6OS2. The summed E-state index contributed by atoms with van der Waals surface area (Å²) >= 11 is 2.51. The maximum Gasteiger partial charge on any atom is 0.416 e. The molecule has 3 heterocycles. The zero-order valence-electron chi connectivity index (χ0n) is 14.6. The molecule has 12 heteroatoms. The second-order valence-electron chi connectivity index (χ2n) is 5.78. The molecule has 0 unspecified atom stereocenters. The van der Waals surface area contributed by atoms with Gasteiger partial charge in [0.2, 0.25) is 11.0 Å². The molecule has 1 aromatic carbocycles. The molecule has 0 aliphatic rings. The number of rotatable bonds is 4. The van der Waals surface area contributed by atoms with Crippen LogP contribution in [0.25, 0.3) is 16.4 Å². The molecule has 0 atom stereocenters. The van der Waals surface area contributed by atoms with E-state index in [1.54, 1.807) is 24.4 Å². The summed E-state index contributed by atoms with van der Waals surface area (Å²) in [5, 5.41) is 17.1. The Labute approximate surface area is 169 Å². The molecule has 4 rings (SSSR count). The van der Waals surface area contributed by atoms with Gasteiger partial charge in [0.15, 0.2) is 5.82 Å². The van der Waals surface area contributed by atoms with E-state index in [1.165, 1.54) is 39.5 Å². The maximum absolute atomic E-state index is 13.1. The number of carbonyl (C=O) groups is 1. The predicted molar refractivity (Wildman–Crippen MR) is 102 cm³/mol. The molecular weight excluding hydrogens is 425 g/mol. The van der Waals surface area contributed by atoms with Gasteiger partial charge in [0.25, 0.3) is 5.91 Å². The summed E-state index contributed by atoms with van der Waals surface area (Å²) in [7, 11) is 0. The lowest BCUT2D eigenvalue weighted by Crippen LogP contribution is -2.14. The fraction of sp³-hybridized carbons (Fsp3) is 0.118. The third-order valence-electron chi connectivity index (χ3n) is 3.72. The Bertz CT molecular complexity index is 1170. The van der Waals surface area contributed by atoms with E-state index < -0.39 is 17.6 Å². The van der Waals surface area contributed by atoms with Gasteiger partial charge in [-0.2, -0.15) is 13.2 Å². The minimum atomic E-state index is -4.50. The number of carbonyl (C=O) groups excluding carboxylic acids is 1. The summed E-state index contributed by atoms with van der Waals surface area (Å²) in [5.41, 5.74) is -0.681. The molecule has 4 aromatic rings. The first-order valence-electron chi connectivity index (χ1n) is 8.11. The van der Waals surface area contributed by atoms with Crippen LogP contribution in [0.1, 0.15) is 21.2 Å². The topological polar surface area (TPSA) is 85.6 Å². The highest BCUT2D eigenvalue weighted by Crippen LogP contribution is 2.32. The Morgan fingerprint density at radius 2 is 2.00 bits per heavy atom. The molecule has 0 saturated carbocycles. The van der Waals surface area contributed by atoms with E-state index in [1.807, 2.05) is 0 Å². The van der Waals surface area contributed by atoms with Crippen molar-refractivity contribution in [2.24, 2.45) is 0 Å². The SMILES string of the molecule is Cc1nnc(NC(=O)c2nc(-c3cccs3)n(-c3cccc(C(F)(F)F)c3)n2)s1. The van der Waals surface area contributed by atoms with Crippen LogP contribution in [0.4, 0.5) is 18.3 Å². The van der Waals surface area contributed by atoms with Crippen molar-refractivity contribution >= 4 is 33.7 Å². The predicted octanol–water partition coefficient (Wildman–Crippen LogP) is 4.43. The van der Waals surface area contributed by atoms with Gasteiger partial charge in [0, 0.05) is 0 Å². The van der Waals surface area contributed by atoms with Crippen molar-refractivity contribution in [2.75, 3.05) is 5.32 Å². The zero-order valence-corrected chi connectivity index (χ0v) is 16.3. The van der Waals surface area contributed by atoms with Gasteiger partial charge in [0.1, 0.15) is 5.01 Å². The molecule has 7 nitrogen and oxygen atoms in total. The smallest absolute Gasteiger partial charge is 0.294 e. The van der Waals surface area contributed by atoms with Crippen LogP contribution in [0.15, 0.2) is 41.8 Å². The molecule has 0 fully saturated rings. The lowest BCUT2D eigenvalue weighted by molar-refractivity contribution is -0.137. The molecule has 1 N–H and O–H groups in total. The van der Waals surface area contributed by atoms with Crippen LogP contribution in [0.5, 0.6) is 0 Å². The third-order valence-corrected chi connectivity index (χ3v) is 5.34. The van der Waals surface area contributed by atoms with Crippen LogP contribution < -0.4 is 5.32 Å². The Hall–Kier alpha value is -3.12. The standard InChI is InChI=1S/C17H11F3N6OS2/c1-9-23-24-16(29-9)22-15(27)13-21-14(12-6-3-7-28-12)26(25-13)11-5-2-4-10(8-11)17(18,19)20/h2-8H,1H3,(H,22,24,27). The second-order valence-corrected chi connectivity index (χ2v) is 7.91. The number of hydrogen-bond donors (Lipinski definition) is 1. The number of thiophene rings is 1. The zero-order chi connectivity index (χ0) is 20.6. The van der Waals surface area contributed by atoms with Gasteiger partial charge < -0.3 is 0 Å². The average molecular weight is 436 g/mol. The lowest BCUT2D eigenvalue weighted by Gasteiger charge is -2.09. The van der Waals surface area contributed by atoms with Crippen molar-refractivity contribution in [1.29, 1.82) is 0 Å². The first kappa shape index (κ1) is 19.2. The highest BCUT2D eigenvalue weighted by molar-refractivity contribution is 7.15. The summed E-state index contributed by atoms with van der Waals surface area (Å²) in [6, 6.07) is 8.19. The van der Waals surface area contributed by atoms with Crippen LogP contribution in [-0.4, -0.2) is 30.9 Å². The average Bonchev–Trinajstić information content (AvgIpc) is 3.41. The van der Waals surface area contributed by atoms with Crippen LogP contribution in [0, 0.1) is 6.92 Å². The van der Waals surface area contributed by atoms with E-state index in [-0.39, 0.29) is 22.5 Å². The van der Waals surface area contributed by atoms with Crippen molar-refractivity contribution in [2.45, 2.75) is 13.1 Å². The summed E-state index contributed by atoms with van der Waals surface area (Å²) in [5.74, 6) is -0.568. The van der Waals surface area contributed by atoms with Gasteiger partial charge in [-0.1, -0.05) is 23.5 Å². The van der Waals surface area contributed by atoms with E-state index in [4.69, 9.17) is 0 Å². The van der Waals surface area contributed by atoms with Gasteiger partial charge in [-0.25, -0.2) is 9.67 Å². The number of alkyl halides is 3. The number of aromatic nitrogens is 5. The molecule has 0 saturated heterocycles. The number of aryl methyl sites for hydroxylation is 1. The van der Waals surface area contributed by atoms with E-state index in [0.717, 1.165) is 12.1 Å². The number of nitrogens with zero attached hydrogens (tertiary/aromatic N) is 5. The van der Waals surface area contributed by atoms with E-state index >= 15 is 0 Å². The molecule has 3 aromatic heterocycles. The lowest BCUT2D eigenvalue weighted by atomic mass is 10.2. The molecule has 0 aliphatic heterocycles. The Morgan fingerprint density at radius 1 is 1.17 bits per heavy atom. The number of anilines is 1. The van der Waals surface area contributed by atoms with Crippen molar-refractivity contribution in [1.82, 2.24) is 25.0 Å². The minimum Gasteiger partial charge on any atom is -0.294 e. The highest BCUT2D eigenvalue weighted by atomic mass is 32.1. The number of amides is 1. The van der Waals surface area contributed by atoms with Crippen LogP contribution in [0.2, 0.25) is 0 Å². The molecule has 29 heavy (non-hydrogen) atoms. The van der Waals surface area contributed by atoms with Gasteiger partial charge in [-0.3, -0.25) is 10.1 Å². The fourth-order valence-corrected chi connectivity index (χ4v) is 3.75. The van der Waals surface area contributed by atoms with Crippen LogP contribution >= 0.6 is 22.7 Å². The summed E-state index contributed by atoms with van der Waals surface area (Å²) in [6.07, 6.45) is -4.50. The van der Waals surface area contributed by atoms with Crippen LogP contribution in [0.3, 0.4) is 0 Å². The Balaban J connectivity index is 1.76. The van der Waals surface area contributed by atoms with Crippen molar-refractivity contribution in [3.05, 3.63) is 58.2 Å². The minimum absolute atomic E-state index is 0.140. The summed E-state index contributed by atoms with van der Waals surface area (Å²) < 4.78 is 40.6. The fourth-order valence-electron chi connectivity index (χ4n) is 2.47. The molecule has 0 spiro atoms. The molecule has 0 bridgehead atoms. The van der Waals surface area contributed by atoms with Gasteiger partial charge in [-0.15, -0.1) is 26.6 Å². The molecule has 148 valence electrons. The van der Waals surface area contributed by atoms with E-state index in [0.29, 0.717) is 9.88 Å². The first-order valence-corrected chi connectivity index (χ1v) is 9.81. The summed E-state index contributed by atoms with van der Waals surface area (Å²) in [4.78, 5) is 17.4. The van der Waals surface area contributed by atoms with Crippen molar-refractivity contribution in [3.8, 4) is 16.4 Å². The van der Waals surface area contributed by atoms with Gasteiger partial charge in [0.05, 0.1) is 16.1 Å². The van der Waals surface area contributed by atoms with E-state index in [2.05, 4.69) is 25.6 Å². The first-order chi connectivity index (χ1) is 13.8. The summed E-state index contributed by atoms with van der Waals surface area (Å²) in [6.45, 7) is 1.74. The molecule has 0 aliphatic carbocycles.